The molecule has 0 bridgehead atoms. The molecule has 2 aromatic carbocycles. The maximum Gasteiger partial charge on any atom is 0.273 e. The molecule has 1 aliphatic rings. The van der Waals surface area contributed by atoms with Gasteiger partial charge in [-0.1, -0.05) is 32.0 Å². The predicted molar refractivity (Wildman–Crippen MR) is 138 cm³/mol. The summed E-state index contributed by atoms with van der Waals surface area (Å²) in [6.07, 6.45) is 0.996. The van der Waals surface area contributed by atoms with E-state index in [0.29, 0.717) is 24.0 Å². The first-order valence-corrected chi connectivity index (χ1v) is 11.7. The lowest BCUT2D eigenvalue weighted by atomic mass is 9.99. The lowest BCUT2D eigenvalue weighted by Gasteiger charge is -2.37. The number of hydrogen-bond acceptors (Lipinski definition) is 7. The van der Waals surface area contributed by atoms with E-state index in [1.807, 2.05) is 37.4 Å². The topological polar surface area (TPSA) is 118 Å². The molecule has 9 heteroatoms. The highest BCUT2D eigenvalue weighted by Crippen LogP contribution is 2.25. The molecule has 0 atom stereocenters. The van der Waals surface area contributed by atoms with E-state index in [1.165, 1.54) is 5.56 Å². The molecule has 34 heavy (non-hydrogen) atoms. The molecule has 0 spiro atoms. The molecule has 0 saturated carbocycles. The van der Waals surface area contributed by atoms with Gasteiger partial charge >= 0.3 is 0 Å². The van der Waals surface area contributed by atoms with Crippen molar-refractivity contribution >= 4 is 22.6 Å². The van der Waals surface area contributed by atoms with Crippen molar-refractivity contribution in [3.63, 3.8) is 0 Å². The highest BCUT2D eigenvalue weighted by atomic mass is 16.1. The highest BCUT2D eigenvalue weighted by Gasteiger charge is 2.22. The van der Waals surface area contributed by atoms with Gasteiger partial charge < -0.3 is 15.2 Å². The van der Waals surface area contributed by atoms with Crippen molar-refractivity contribution in [2.24, 2.45) is 29.6 Å². The zero-order valence-electron chi connectivity index (χ0n) is 20.2. The molecule has 1 aromatic heterocycles. The number of nitrogens with two attached hydrogens (primary N) is 2. The number of hydrazone groups is 1. The summed E-state index contributed by atoms with van der Waals surface area (Å²) in [5.41, 5.74) is 13.9. The maximum absolute atomic E-state index is 12.9. The summed E-state index contributed by atoms with van der Waals surface area (Å²) in [5, 5.41) is 3.99. The summed E-state index contributed by atoms with van der Waals surface area (Å²) in [5.74, 6) is 6.29. The minimum absolute atomic E-state index is 0.0388. The predicted octanol–water partition coefficient (Wildman–Crippen LogP) is 1.54. The first-order chi connectivity index (χ1) is 16.4. The van der Waals surface area contributed by atoms with E-state index >= 15 is 0 Å². The molecule has 3 aromatic rings. The van der Waals surface area contributed by atoms with Crippen LogP contribution < -0.4 is 27.6 Å². The minimum Gasteiger partial charge on any atom is -0.382 e. The number of rotatable bonds is 7. The number of para-hydroxylation sites is 2. The Hall–Kier alpha value is -3.43. The van der Waals surface area contributed by atoms with Crippen LogP contribution in [-0.2, 0) is 20.0 Å². The molecule has 9 nitrogen and oxygen atoms in total. The van der Waals surface area contributed by atoms with Crippen LogP contribution in [0.4, 0.5) is 5.69 Å². The second kappa shape index (κ2) is 10.2. The van der Waals surface area contributed by atoms with Gasteiger partial charge in [-0.3, -0.25) is 9.69 Å². The summed E-state index contributed by atoms with van der Waals surface area (Å²) >= 11 is 0. The fourth-order valence-corrected chi connectivity index (χ4v) is 4.58. The number of hydrogen-bond donors (Lipinski definition) is 3. The van der Waals surface area contributed by atoms with Gasteiger partial charge in [0.05, 0.1) is 11.0 Å². The van der Waals surface area contributed by atoms with Crippen molar-refractivity contribution in [1.29, 1.82) is 0 Å². The normalized spacial score (nSPS) is 15.3. The fraction of sp³-hybridized carbons (Fsp3) is 0.400. The zero-order chi connectivity index (χ0) is 24.2. The largest absolute Gasteiger partial charge is 0.382 e. The van der Waals surface area contributed by atoms with Crippen molar-refractivity contribution in [2.45, 2.75) is 26.8 Å². The molecule has 4 rings (SSSR count). The molecule has 0 radical (unpaired) electrons. The second-order valence-corrected chi connectivity index (χ2v) is 9.25. The van der Waals surface area contributed by atoms with Crippen LogP contribution >= 0.6 is 0 Å². The summed E-state index contributed by atoms with van der Waals surface area (Å²) in [7, 11) is 1.81. The van der Waals surface area contributed by atoms with Gasteiger partial charge in [0.2, 0.25) is 0 Å². The van der Waals surface area contributed by atoms with E-state index in [2.05, 4.69) is 51.4 Å². The number of piperazine rings is 1. The zero-order valence-corrected chi connectivity index (χ0v) is 20.2. The van der Waals surface area contributed by atoms with Gasteiger partial charge in [0, 0.05) is 51.0 Å². The van der Waals surface area contributed by atoms with Crippen molar-refractivity contribution < 1.29 is 0 Å². The Morgan fingerprint density at radius 3 is 2.59 bits per heavy atom. The Morgan fingerprint density at radius 2 is 1.88 bits per heavy atom. The van der Waals surface area contributed by atoms with Crippen molar-refractivity contribution in [2.75, 3.05) is 31.1 Å². The molecule has 5 N–H and O–H groups in total. The van der Waals surface area contributed by atoms with Crippen LogP contribution in [0.2, 0.25) is 0 Å². The first kappa shape index (κ1) is 23.7. The van der Waals surface area contributed by atoms with Crippen LogP contribution in [0.1, 0.15) is 30.7 Å². The SMILES string of the molecule is CC(C)Cc1ccc(/C(N)=N/NN)c(N2CCN(Cc3nc4ccccc4n(C)c3=O)CC2)c1. The molecule has 1 aliphatic heterocycles. The third kappa shape index (κ3) is 5.05. The lowest BCUT2D eigenvalue weighted by molar-refractivity contribution is 0.246. The number of fused-ring (bicyclic) bond motifs is 1. The van der Waals surface area contributed by atoms with Gasteiger partial charge in [-0.25, -0.2) is 16.4 Å². The van der Waals surface area contributed by atoms with Crippen LogP contribution in [0.15, 0.2) is 52.4 Å². The number of benzene rings is 2. The average molecular weight is 463 g/mol. The summed E-state index contributed by atoms with van der Waals surface area (Å²) in [6.45, 7) is 8.23. The summed E-state index contributed by atoms with van der Waals surface area (Å²) in [6, 6.07) is 14.1. The van der Waals surface area contributed by atoms with Gasteiger partial charge in [0.25, 0.3) is 5.56 Å². The second-order valence-electron chi connectivity index (χ2n) is 9.25. The Labute approximate surface area is 200 Å². The van der Waals surface area contributed by atoms with Crippen LogP contribution in [0.5, 0.6) is 0 Å². The molecule has 1 fully saturated rings. The Kier molecular flexibility index (Phi) is 7.14. The quantitative estimate of drug-likeness (QED) is 0.211. The smallest absolute Gasteiger partial charge is 0.273 e. The van der Waals surface area contributed by atoms with Gasteiger partial charge in [-0.15, -0.1) is 5.10 Å². The Bertz CT molecular complexity index is 1240. The van der Waals surface area contributed by atoms with E-state index in [-0.39, 0.29) is 5.56 Å². The van der Waals surface area contributed by atoms with Crippen LogP contribution in [0.3, 0.4) is 0 Å². The van der Waals surface area contributed by atoms with E-state index in [4.69, 9.17) is 11.6 Å². The van der Waals surface area contributed by atoms with Gasteiger partial charge in [-0.2, -0.15) is 0 Å². The molecule has 0 unspecified atom stereocenters. The number of nitrogens with one attached hydrogen (secondary N) is 1. The number of amidine groups is 1. The molecule has 180 valence electrons. The minimum atomic E-state index is -0.0388. The van der Waals surface area contributed by atoms with Gasteiger partial charge in [0.15, 0.2) is 5.84 Å². The van der Waals surface area contributed by atoms with Crippen LogP contribution in [0, 0.1) is 5.92 Å². The monoisotopic (exact) mass is 462 g/mol. The number of aryl methyl sites for hydroxylation is 1. The highest BCUT2D eigenvalue weighted by molar-refractivity contribution is 6.02. The molecule has 2 heterocycles. The number of aromatic nitrogens is 2. The number of nitrogens with zero attached hydrogens (tertiary/aromatic N) is 5. The molecule has 1 saturated heterocycles. The van der Waals surface area contributed by atoms with Gasteiger partial charge in [-0.05, 0) is 42.2 Å². The van der Waals surface area contributed by atoms with E-state index < -0.39 is 0 Å². The van der Waals surface area contributed by atoms with E-state index in [9.17, 15) is 4.79 Å². The standard InChI is InChI=1S/C25H34N8O/c1-17(2)14-18-8-9-19(24(26)29-30-27)23(15-18)33-12-10-32(11-13-33)16-21-25(34)31(3)22-7-5-4-6-20(22)28-21/h4-9,15,17,30H,10-14,16,27H2,1-3H3,(H2,26,29). The fourth-order valence-electron chi connectivity index (χ4n) is 4.58. The molecule has 0 amide bonds. The third-order valence-electron chi connectivity index (χ3n) is 6.30. The van der Waals surface area contributed by atoms with Crippen LogP contribution in [-0.4, -0.2) is 46.5 Å². The summed E-state index contributed by atoms with van der Waals surface area (Å²) in [4.78, 5) is 22.2. The van der Waals surface area contributed by atoms with E-state index in [1.54, 1.807) is 4.57 Å². The lowest BCUT2D eigenvalue weighted by Crippen LogP contribution is -2.47. The van der Waals surface area contributed by atoms with Crippen molar-refractivity contribution in [3.05, 3.63) is 69.6 Å². The maximum atomic E-state index is 12.9. The first-order valence-electron chi connectivity index (χ1n) is 11.7. The third-order valence-corrected chi connectivity index (χ3v) is 6.30. The van der Waals surface area contributed by atoms with Crippen LogP contribution in [0.25, 0.3) is 11.0 Å². The molecule has 0 aliphatic carbocycles. The van der Waals surface area contributed by atoms with Gasteiger partial charge in [0.1, 0.15) is 5.69 Å². The number of anilines is 1. The molecular formula is C25H34N8O. The number of hydrazine groups is 1. The van der Waals surface area contributed by atoms with Crippen molar-refractivity contribution in [1.82, 2.24) is 20.0 Å². The molecular weight excluding hydrogens is 428 g/mol. The Morgan fingerprint density at radius 1 is 1.15 bits per heavy atom. The Balaban J connectivity index is 1.53. The average Bonchev–Trinajstić information content (AvgIpc) is 2.82. The van der Waals surface area contributed by atoms with E-state index in [0.717, 1.165) is 54.9 Å². The summed E-state index contributed by atoms with van der Waals surface area (Å²) < 4.78 is 1.69. The van der Waals surface area contributed by atoms with Crippen molar-refractivity contribution in [3.8, 4) is 0 Å².